The minimum Gasteiger partial charge on any atom is -0.370 e. The first kappa shape index (κ1) is 10.4. The van der Waals surface area contributed by atoms with Crippen molar-refractivity contribution in [2.24, 2.45) is 10.9 Å². The van der Waals surface area contributed by atoms with E-state index < -0.39 is 0 Å². The van der Waals surface area contributed by atoms with Gasteiger partial charge in [-0.25, -0.2) is 0 Å². The molecule has 0 fully saturated rings. The first-order valence-corrected chi connectivity index (χ1v) is 6.20. The Morgan fingerprint density at radius 2 is 2.47 bits per heavy atom. The molecule has 1 aromatic heterocycles. The van der Waals surface area contributed by atoms with Crippen molar-refractivity contribution in [1.29, 1.82) is 0 Å². The molecular weight excluding hydrogens is 204 g/mol. The molecule has 1 aromatic rings. The largest absolute Gasteiger partial charge is 0.370 e. The number of thiophene rings is 1. The van der Waals surface area contributed by atoms with E-state index in [1.807, 2.05) is 11.3 Å². The monoisotopic (exact) mass is 220 g/mol. The summed E-state index contributed by atoms with van der Waals surface area (Å²) in [5.74, 6) is 1.64. The molecule has 1 atom stereocenters. The van der Waals surface area contributed by atoms with Crippen molar-refractivity contribution in [1.82, 2.24) is 5.32 Å². The summed E-state index contributed by atoms with van der Waals surface area (Å²) in [6.07, 6.45) is 5.33. The van der Waals surface area contributed by atoms with Crippen LogP contribution >= 0.6 is 11.3 Å². The number of rotatable bonds is 3. The molecule has 0 saturated carbocycles. The maximum absolute atomic E-state index is 4.53. The van der Waals surface area contributed by atoms with E-state index >= 15 is 0 Å². The highest BCUT2D eigenvalue weighted by molar-refractivity contribution is 7.09. The molecule has 2 nitrogen and oxygen atoms in total. The molecule has 0 unspecified atom stereocenters. The highest BCUT2D eigenvalue weighted by Gasteiger charge is 2.11. The highest BCUT2D eigenvalue weighted by atomic mass is 32.1. The number of nitrogens with zero attached hydrogens (tertiary/aromatic N) is 1. The maximum Gasteiger partial charge on any atom is 0.100 e. The number of amidine groups is 1. The second-order valence-electron chi connectivity index (χ2n) is 3.76. The Labute approximate surface area is 94.7 Å². The molecule has 15 heavy (non-hydrogen) atoms. The third kappa shape index (κ3) is 2.93. The van der Waals surface area contributed by atoms with Gasteiger partial charge in [0.25, 0.3) is 0 Å². The zero-order valence-corrected chi connectivity index (χ0v) is 9.76. The lowest BCUT2D eigenvalue weighted by atomic mass is 10.1. The van der Waals surface area contributed by atoms with E-state index in [9.17, 15) is 0 Å². The summed E-state index contributed by atoms with van der Waals surface area (Å²) >= 11 is 1.82. The number of nitrogens with one attached hydrogen (secondary N) is 1. The van der Waals surface area contributed by atoms with Gasteiger partial charge in [0, 0.05) is 17.3 Å². The quantitative estimate of drug-likeness (QED) is 0.778. The van der Waals surface area contributed by atoms with Gasteiger partial charge in [0.05, 0.1) is 6.54 Å². The summed E-state index contributed by atoms with van der Waals surface area (Å²) in [4.78, 5) is 5.96. The van der Waals surface area contributed by atoms with Crippen molar-refractivity contribution in [2.45, 2.75) is 13.3 Å². The Balaban J connectivity index is 1.95. The van der Waals surface area contributed by atoms with Crippen LogP contribution in [0.3, 0.4) is 0 Å². The van der Waals surface area contributed by atoms with Gasteiger partial charge in [-0.15, -0.1) is 11.3 Å². The number of hydrogen-bond donors (Lipinski definition) is 1. The molecule has 1 N–H and O–H groups in total. The Morgan fingerprint density at radius 1 is 1.53 bits per heavy atom. The highest BCUT2D eigenvalue weighted by Crippen LogP contribution is 2.15. The van der Waals surface area contributed by atoms with Crippen molar-refractivity contribution in [2.75, 3.05) is 13.1 Å². The molecule has 0 radical (unpaired) electrons. The van der Waals surface area contributed by atoms with Crippen LogP contribution in [0.5, 0.6) is 0 Å². The van der Waals surface area contributed by atoms with E-state index in [4.69, 9.17) is 0 Å². The topological polar surface area (TPSA) is 24.4 Å². The van der Waals surface area contributed by atoms with Gasteiger partial charge in [-0.3, -0.25) is 4.99 Å². The smallest absolute Gasteiger partial charge is 0.100 e. The zero-order valence-electron chi connectivity index (χ0n) is 8.94. The number of aliphatic imine (C=N–C) groups is 1. The summed E-state index contributed by atoms with van der Waals surface area (Å²) in [6, 6.07) is 4.30. The molecule has 0 aromatic carbocycles. The van der Waals surface area contributed by atoms with Crippen LogP contribution in [0.25, 0.3) is 0 Å². The maximum atomic E-state index is 4.53. The molecule has 2 rings (SSSR count). The average molecular weight is 220 g/mol. The molecule has 0 aliphatic carbocycles. The molecule has 80 valence electrons. The van der Waals surface area contributed by atoms with Gasteiger partial charge in [0.15, 0.2) is 0 Å². The van der Waals surface area contributed by atoms with Crippen LogP contribution in [0.2, 0.25) is 0 Å². The predicted octanol–water partition coefficient (Wildman–Crippen LogP) is 2.48. The molecule has 0 amide bonds. The SMILES string of the molecule is C[C@@H](Cc1cccs1)C1=NCC=CCN1. The van der Waals surface area contributed by atoms with E-state index in [0.717, 1.165) is 25.3 Å². The Morgan fingerprint density at radius 3 is 3.27 bits per heavy atom. The first-order chi connectivity index (χ1) is 7.36. The first-order valence-electron chi connectivity index (χ1n) is 5.32. The molecule has 2 heterocycles. The fourth-order valence-electron chi connectivity index (χ4n) is 1.69. The van der Waals surface area contributed by atoms with Crippen LogP contribution in [0.15, 0.2) is 34.7 Å². The predicted molar refractivity (Wildman–Crippen MR) is 66.6 cm³/mol. The fourth-order valence-corrected chi connectivity index (χ4v) is 2.52. The van der Waals surface area contributed by atoms with Crippen molar-refractivity contribution in [3.05, 3.63) is 34.5 Å². The minimum atomic E-state index is 0.489. The van der Waals surface area contributed by atoms with E-state index in [0.29, 0.717) is 5.92 Å². The minimum absolute atomic E-state index is 0.489. The normalized spacial score (nSPS) is 17.8. The van der Waals surface area contributed by atoms with E-state index in [1.165, 1.54) is 4.88 Å². The molecule has 3 heteroatoms. The Hall–Kier alpha value is -1.09. The van der Waals surface area contributed by atoms with Gasteiger partial charge < -0.3 is 5.32 Å². The van der Waals surface area contributed by atoms with Crippen molar-refractivity contribution in [3.8, 4) is 0 Å². The number of hydrogen-bond acceptors (Lipinski definition) is 3. The molecule has 1 aliphatic heterocycles. The molecule has 0 saturated heterocycles. The fraction of sp³-hybridized carbons (Fsp3) is 0.417. The molecule has 1 aliphatic rings. The summed E-state index contributed by atoms with van der Waals surface area (Å²) in [5, 5.41) is 5.49. The van der Waals surface area contributed by atoms with Gasteiger partial charge in [0.2, 0.25) is 0 Å². The van der Waals surface area contributed by atoms with Crippen LogP contribution in [0, 0.1) is 5.92 Å². The van der Waals surface area contributed by atoms with Gasteiger partial charge in [-0.05, 0) is 17.9 Å². The van der Waals surface area contributed by atoms with Crippen LogP contribution in [-0.2, 0) is 6.42 Å². The van der Waals surface area contributed by atoms with Gasteiger partial charge >= 0.3 is 0 Å². The van der Waals surface area contributed by atoms with Crippen molar-refractivity contribution >= 4 is 17.2 Å². The second-order valence-corrected chi connectivity index (χ2v) is 4.80. The van der Waals surface area contributed by atoms with Crippen molar-refractivity contribution < 1.29 is 0 Å². The van der Waals surface area contributed by atoms with E-state index in [1.54, 1.807) is 0 Å². The second kappa shape index (κ2) is 5.12. The van der Waals surface area contributed by atoms with E-state index in [2.05, 4.69) is 46.9 Å². The molecule has 0 bridgehead atoms. The van der Waals surface area contributed by atoms with Crippen LogP contribution in [-0.4, -0.2) is 18.9 Å². The van der Waals surface area contributed by atoms with Crippen LogP contribution < -0.4 is 5.32 Å². The summed E-state index contributed by atoms with van der Waals surface area (Å²) < 4.78 is 0. The third-order valence-corrected chi connectivity index (χ3v) is 3.39. The average Bonchev–Trinajstić information content (AvgIpc) is 2.58. The Bertz CT molecular complexity index is 352. The van der Waals surface area contributed by atoms with Crippen molar-refractivity contribution in [3.63, 3.8) is 0 Å². The van der Waals surface area contributed by atoms with Gasteiger partial charge in [-0.1, -0.05) is 25.1 Å². The Kier molecular flexibility index (Phi) is 3.56. The van der Waals surface area contributed by atoms with E-state index in [-0.39, 0.29) is 0 Å². The lowest BCUT2D eigenvalue weighted by molar-refractivity contribution is 0.738. The summed E-state index contributed by atoms with van der Waals surface area (Å²) in [5.41, 5.74) is 0. The summed E-state index contributed by atoms with van der Waals surface area (Å²) in [6.45, 7) is 3.96. The lowest BCUT2D eigenvalue weighted by Gasteiger charge is -2.14. The lowest BCUT2D eigenvalue weighted by Crippen LogP contribution is -2.30. The third-order valence-electron chi connectivity index (χ3n) is 2.49. The standard InChI is InChI=1S/C12H16N2S/c1-10(9-11-5-4-8-15-11)12-13-6-2-3-7-14-12/h2-5,8,10H,6-7,9H2,1H3,(H,13,14)/t10-/m0/s1. The van der Waals surface area contributed by atoms with Crippen LogP contribution in [0.4, 0.5) is 0 Å². The van der Waals surface area contributed by atoms with Gasteiger partial charge in [0.1, 0.15) is 5.84 Å². The van der Waals surface area contributed by atoms with Crippen LogP contribution in [0.1, 0.15) is 11.8 Å². The summed E-state index contributed by atoms with van der Waals surface area (Å²) in [7, 11) is 0. The zero-order chi connectivity index (χ0) is 10.5. The molecule has 0 spiro atoms. The molecular formula is C12H16N2S. The van der Waals surface area contributed by atoms with Gasteiger partial charge in [-0.2, -0.15) is 0 Å².